The van der Waals surface area contributed by atoms with Crippen molar-refractivity contribution in [3.05, 3.63) is 72.8 Å². The number of aromatic nitrogens is 2. The van der Waals surface area contributed by atoms with Crippen LogP contribution < -0.4 is 22.9 Å². The normalized spacial score (nSPS) is 11.9. The first kappa shape index (κ1) is 16.6. The lowest BCUT2D eigenvalue weighted by molar-refractivity contribution is 0.775. The molecule has 4 aromatic carbocycles. The van der Waals surface area contributed by atoms with Gasteiger partial charge < -0.3 is 22.9 Å². The highest BCUT2D eigenvalue weighted by molar-refractivity contribution is 6.13. The van der Waals surface area contributed by atoms with Crippen LogP contribution in [0.3, 0.4) is 0 Å². The van der Waals surface area contributed by atoms with Crippen LogP contribution in [0.25, 0.3) is 43.6 Å². The summed E-state index contributed by atoms with van der Waals surface area (Å²) >= 11 is 0. The van der Waals surface area contributed by atoms with E-state index in [1.54, 1.807) is 0 Å². The topological polar surface area (TPSA) is 114 Å². The molecule has 0 aliphatic heterocycles. The molecule has 0 atom stereocenters. The van der Waals surface area contributed by atoms with E-state index in [9.17, 15) is 0 Å². The van der Waals surface area contributed by atoms with E-state index in [0.29, 0.717) is 22.7 Å². The minimum Gasteiger partial charge on any atom is -0.399 e. The minimum atomic E-state index is 0.715. The first-order valence-electron chi connectivity index (χ1n) is 9.70. The van der Waals surface area contributed by atoms with Crippen LogP contribution in [0.5, 0.6) is 0 Å². The number of nitrogens with two attached hydrogens (primary N) is 4. The summed E-state index contributed by atoms with van der Waals surface area (Å²) in [7, 11) is 0. The third kappa shape index (κ3) is 2.13. The Hall–Kier alpha value is -4.32. The summed E-state index contributed by atoms with van der Waals surface area (Å²) in [5, 5.41) is 4.22. The standard InChI is InChI=1S/C24H20N6/c25-13-1-5-21-17(9-13)18-10-14(26)2-6-22(18)29(21)30-23-7-3-15(27)11-19(23)20-12-16(28)4-8-24(20)30/h1-12H,25-28H2. The van der Waals surface area contributed by atoms with Gasteiger partial charge in [-0.1, -0.05) is 0 Å². The lowest BCUT2D eigenvalue weighted by Gasteiger charge is -2.13. The maximum Gasteiger partial charge on any atom is 0.0717 e. The summed E-state index contributed by atoms with van der Waals surface area (Å²) in [6.07, 6.45) is 0. The second-order valence-corrected chi connectivity index (χ2v) is 7.73. The number of benzene rings is 4. The van der Waals surface area contributed by atoms with Crippen LogP contribution in [0.4, 0.5) is 22.7 Å². The Balaban J connectivity index is 1.89. The number of nitrogen functional groups attached to an aromatic ring is 4. The lowest BCUT2D eigenvalue weighted by Crippen LogP contribution is -2.08. The molecular weight excluding hydrogens is 372 g/mol. The number of hydrogen-bond donors (Lipinski definition) is 4. The van der Waals surface area contributed by atoms with Crippen molar-refractivity contribution in [2.24, 2.45) is 0 Å². The molecule has 0 saturated carbocycles. The Labute approximate surface area is 171 Å². The summed E-state index contributed by atoms with van der Waals surface area (Å²) in [5.41, 5.74) is 31.5. The fourth-order valence-electron chi connectivity index (χ4n) is 4.51. The molecule has 0 amide bonds. The highest BCUT2D eigenvalue weighted by atomic mass is 15.5. The SMILES string of the molecule is Nc1ccc2c(c1)c1cc(N)ccc1n2-n1c2ccc(N)cc2c2cc(N)ccc21. The zero-order chi connectivity index (χ0) is 20.6. The average Bonchev–Trinajstić information content (AvgIpc) is 3.19. The molecule has 2 heterocycles. The molecule has 0 saturated heterocycles. The van der Waals surface area contributed by atoms with Crippen LogP contribution in [0, 0.1) is 0 Å². The van der Waals surface area contributed by atoms with E-state index in [1.165, 1.54) is 0 Å². The molecule has 8 N–H and O–H groups in total. The van der Waals surface area contributed by atoms with Gasteiger partial charge in [-0.05, 0) is 72.8 Å². The Morgan fingerprint density at radius 3 is 0.833 bits per heavy atom. The first-order chi connectivity index (χ1) is 14.5. The fraction of sp³-hybridized carbons (Fsp3) is 0. The Morgan fingerprint density at radius 1 is 0.367 bits per heavy atom. The molecule has 6 nitrogen and oxygen atoms in total. The monoisotopic (exact) mass is 392 g/mol. The van der Waals surface area contributed by atoms with Gasteiger partial charge in [-0.15, -0.1) is 0 Å². The van der Waals surface area contributed by atoms with E-state index in [4.69, 9.17) is 22.9 Å². The predicted octanol–water partition coefficient (Wildman–Crippen LogP) is 4.54. The molecule has 6 heteroatoms. The zero-order valence-electron chi connectivity index (χ0n) is 16.1. The van der Waals surface area contributed by atoms with Gasteiger partial charge in [0.15, 0.2) is 0 Å². The largest absolute Gasteiger partial charge is 0.399 e. The molecule has 2 aromatic heterocycles. The highest BCUT2D eigenvalue weighted by Crippen LogP contribution is 2.37. The second-order valence-electron chi connectivity index (χ2n) is 7.73. The van der Waals surface area contributed by atoms with Gasteiger partial charge in [-0.3, -0.25) is 0 Å². The van der Waals surface area contributed by atoms with Crippen LogP contribution in [-0.4, -0.2) is 9.35 Å². The van der Waals surface area contributed by atoms with Gasteiger partial charge in [0.05, 0.1) is 22.1 Å². The fourth-order valence-corrected chi connectivity index (χ4v) is 4.51. The summed E-state index contributed by atoms with van der Waals surface area (Å²) in [5.74, 6) is 0. The van der Waals surface area contributed by atoms with Gasteiger partial charge in [-0.2, -0.15) is 0 Å². The molecule has 146 valence electrons. The van der Waals surface area contributed by atoms with Crippen molar-refractivity contribution in [1.82, 2.24) is 9.35 Å². The van der Waals surface area contributed by atoms with Gasteiger partial charge in [0.25, 0.3) is 0 Å². The van der Waals surface area contributed by atoms with Gasteiger partial charge in [0.1, 0.15) is 0 Å². The molecular formula is C24H20N6. The summed E-state index contributed by atoms with van der Waals surface area (Å²) < 4.78 is 4.42. The zero-order valence-corrected chi connectivity index (χ0v) is 16.1. The Bertz CT molecular complexity index is 1390. The first-order valence-corrected chi connectivity index (χ1v) is 9.70. The van der Waals surface area contributed by atoms with Crippen molar-refractivity contribution in [3.63, 3.8) is 0 Å². The molecule has 0 bridgehead atoms. The minimum absolute atomic E-state index is 0.715. The van der Waals surface area contributed by atoms with E-state index in [1.807, 2.05) is 72.8 Å². The number of nitrogens with zero attached hydrogens (tertiary/aromatic N) is 2. The summed E-state index contributed by atoms with van der Waals surface area (Å²) in [6, 6.07) is 23.9. The van der Waals surface area contributed by atoms with Crippen molar-refractivity contribution in [2.75, 3.05) is 22.9 Å². The molecule has 0 unspecified atom stereocenters. The van der Waals surface area contributed by atoms with Crippen molar-refractivity contribution >= 4 is 66.4 Å². The second kappa shape index (κ2) is 5.61. The molecule has 0 spiro atoms. The smallest absolute Gasteiger partial charge is 0.0717 e. The lowest BCUT2D eigenvalue weighted by atomic mass is 10.1. The number of anilines is 4. The Kier molecular flexibility index (Phi) is 3.11. The van der Waals surface area contributed by atoms with E-state index < -0.39 is 0 Å². The van der Waals surface area contributed by atoms with E-state index in [0.717, 1.165) is 43.6 Å². The molecule has 6 aromatic rings. The quantitative estimate of drug-likeness (QED) is 0.308. The molecule has 0 aliphatic carbocycles. The van der Waals surface area contributed by atoms with Crippen molar-refractivity contribution in [3.8, 4) is 0 Å². The molecule has 0 fully saturated rings. The van der Waals surface area contributed by atoms with Crippen LogP contribution >= 0.6 is 0 Å². The molecule has 6 rings (SSSR count). The summed E-state index contributed by atoms with van der Waals surface area (Å²) in [4.78, 5) is 0. The maximum absolute atomic E-state index is 6.12. The van der Waals surface area contributed by atoms with Crippen LogP contribution in [0.2, 0.25) is 0 Å². The number of rotatable bonds is 1. The molecule has 30 heavy (non-hydrogen) atoms. The highest BCUT2D eigenvalue weighted by Gasteiger charge is 2.18. The van der Waals surface area contributed by atoms with Gasteiger partial charge in [0.2, 0.25) is 0 Å². The van der Waals surface area contributed by atoms with Crippen LogP contribution in [0.15, 0.2) is 72.8 Å². The number of fused-ring (bicyclic) bond motifs is 6. The van der Waals surface area contributed by atoms with Gasteiger partial charge in [0, 0.05) is 44.3 Å². The van der Waals surface area contributed by atoms with Crippen LogP contribution in [-0.2, 0) is 0 Å². The molecule has 0 aliphatic rings. The van der Waals surface area contributed by atoms with E-state index in [2.05, 4.69) is 9.35 Å². The van der Waals surface area contributed by atoms with Gasteiger partial charge >= 0.3 is 0 Å². The maximum atomic E-state index is 6.12. The van der Waals surface area contributed by atoms with Crippen molar-refractivity contribution < 1.29 is 0 Å². The van der Waals surface area contributed by atoms with E-state index in [-0.39, 0.29) is 0 Å². The third-order valence-corrected chi connectivity index (χ3v) is 5.78. The average molecular weight is 392 g/mol. The van der Waals surface area contributed by atoms with Crippen molar-refractivity contribution in [1.29, 1.82) is 0 Å². The Morgan fingerprint density at radius 2 is 0.600 bits per heavy atom. The predicted molar refractivity (Wildman–Crippen MR) is 127 cm³/mol. The van der Waals surface area contributed by atoms with Gasteiger partial charge in [-0.25, -0.2) is 9.35 Å². The molecule has 0 radical (unpaired) electrons. The third-order valence-electron chi connectivity index (χ3n) is 5.78. The van der Waals surface area contributed by atoms with E-state index >= 15 is 0 Å². The van der Waals surface area contributed by atoms with Crippen molar-refractivity contribution in [2.45, 2.75) is 0 Å². The summed E-state index contributed by atoms with van der Waals surface area (Å²) in [6.45, 7) is 0. The number of hydrogen-bond acceptors (Lipinski definition) is 4. The van der Waals surface area contributed by atoms with Crippen LogP contribution in [0.1, 0.15) is 0 Å².